The molecule has 0 unspecified atom stereocenters. The summed E-state index contributed by atoms with van der Waals surface area (Å²) in [6.45, 7) is 3.09. The summed E-state index contributed by atoms with van der Waals surface area (Å²) in [5.41, 5.74) is 6.66. The van der Waals surface area contributed by atoms with E-state index in [2.05, 4.69) is 41.7 Å². The van der Waals surface area contributed by atoms with Crippen molar-refractivity contribution in [3.63, 3.8) is 0 Å². The summed E-state index contributed by atoms with van der Waals surface area (Å²) in [6, 6.07) is 8.54. The minimum atomic E-state index is 0.168. The van der Waals surface area contributed by atoms with E-state index in [1.807, 2.05) is 17.1 Å². The molecule has 1 N–H and O–H groups in total. The van der Waals surface area contributed by atoms with E-state index in [0.717, 1.165) is 46.8 Å². The van der Waals surface area contributed by atoms with Gasteiger partial charge in [-0.15, -0.1) is 0 Å². The van der Waals surface area contributed by atoms with Crippen molar-refractivity contribution in [3.8, 4) is 0 Å². The number of fused-ring (bicyclic) bond motifs is 4. The number of hydrogen-bond donors (Lipinski definition) is 1. The first-order valence-corrected chi connectivity index (χ1v) is 8.14. The normalized spacial score (nSPS) is 13.7. The number of unbranched alkanes of at least 4 members (excludes halogenated alkanes) is 1. The Bertz CT molecular complexity index is 937. The van der Waals surface area contributed by atoms with E-state index < -0.39 is 0 Å². The van der Waals surface area contributed by atoms with E-state index in [-0.39, 0.29) is 5.78 Å². The standard InChI is InChI=1S/C19H19N3O/c1-2-3-8-20-22-19-7-5-14-9-13-4-6-16(23)10-15(13)11-17(14)18(19)12-21-22/h4-7,9,11-12,20H,2-3,8,10H2,1H3. The Balaban J connectivity index is 1.83. The highest BCUT2D eigenvalue weighted by molar-refractivity contribution is 6.08. The van der Waals surface area contributed by atoms with Crippen molar-refractivity contribution in [2.24, 2.45) is 0 Å². The van der Waals surface area contributed by atoms with Crippen molar-refractivity contribution in [2.75, 3.05) is 12.0 Å². The number of ketones is 1. The smallest absolute Gasteiger partial charge is 0.160 e. The van der Waals surface area contributed by atoms with Crippen LogP contribution in [0.4, 0.5) is 0 Å². The fourth-order valence-electron chi connectivity index (χ4n) is 3.17. The largest absolute Gasteiger partial charge is 0.309 e. The van der Waals surface area contributed by atoms with Gasteiger partial charge in [0, 0.05) is 18.4 Å². The molecule has 1 aliphatic carbocycles. The lowest BCUT2D eigenvalue weighted by Gasteiger charge is -2.12. The third-order valence-corrected chi connectivity index (χ3v) is 4.43. The van der Waals surface area contributed by atoms with Gasteiger partial charge in [-0.3, -0.25) is 4.79 Å². The number of nitrogens with one attached hydrogen (secondary N) is 1. The van der Waals surface area contributed by atoms with Gasteiger partial charge in [-0.2, -0.15) is 9.89 Å². The summed E-state index contributed by atoms with van der Waals surface area (Å²) < 4.78 is 0. The number of carbonyl (C=O) groups is 1. The lowest BCUT2D eigenvalue weighted by Crippen LogP contribution is -2.16. The van der Waals surface area contributed by atoms with Gasteiger partial charge >= 0.3 is 0 Å². The van der Waals surface area contributed by atoms with Crippen molar-refractivity contribution >= 4 is 33.5 Å². The van der Waals surface area contributed by atoms with Gasteiger partial charge in [0.15, 0.2) is 5.78 Å². The number of carbonyl (C=O) groups excluding carboxylic acids is 1. The summed E-state index contributed by atoms with van der Waals surface area (Å²) in [7, 11) is 0. The molecule has 0 atom stereocenters. The van der Waals surface area contributed by atoms with Crippen LogP contribution in [-0.2, 0) is 11.2 Å². The monoisotopic (exact) mass is 305 g/mol. The zero-order valence-corrected chi connectivity index (χ0v) is 13.2. The van der Waals surface area contributed by atoms with E-state index in [9.17, 15) is 4.79 Å². The fraction of sp³-hybridized carbons (Fsp3) is 0.263. The first-order chi connectivity index (χ1) is 11.3. The minimum absolute atomic E-state index is 0.168. The van der Waals surface area contributed by atoms with Gasteiger partial charge in [0.1, 0.15) is 0 Å². The Morgan fingerprint density at radius 2 is 2.13 bits per heavy atom. The average molecular weight is 305 g/mol. The topological polar surface area (TPSA) is 46.9 Å². The quantitative estimate of drug-likeness (QED) is 0.748. The number of benzene rings is 2. The Morgan fingerprint density at radius 3 is 3.00 bits per heavy atom. The average Bonchev–Trinajstić information content (AvgIpc) is 2.97. The molecule has 0 spiro atoms. The molecule has 3 aromatic rings. The zero-order chi connectivity index (χ0) is 15.8. The summed E-state index contributed by atoms with van der Waals surface area (Å²) >= 11 is 0. The van der Waals surface area contributed by atoms with Crippen LogP contribution in [0.3, 0.4) is 0 Å². The van der Waals surface area contributed by atoms with E-state index in [1.165, 1.54) is 5.39 Å². The third-order valence-electron chi connectivity index (χ3n) is 4.43. The van der Waals surface area contributed by atoms with Crippen molar-refractivity contribution in [3.05, 3.63) is 47.7 Å². The van der Waals surface area contributed by atoms with Crippen LogP contribution in [0, 0.1) is 0 Å². The van der Waals surface area contributed by atoms with Crippen molar-refractivity contribution in [2.45, 2.75) is 26.2 Å². The van der Waals surface area contributed by atoms with Crippen LogP contribution >= 0.6 is 0 Å². The molecular weight excluding hydrogens is 286 g/mol. The van der Waals surface area contributed by atoms with Crippen LogP contribution in [-0.4, -0.2) is 22.2 Å². The van der Waals surface area contributed by atoms with Crippen LogP contribution in [0.2, 0.25) is 0 Å². The van der Waals surface area contributed by atoms with Gasteiger partial charge in [0.25, 0.3) is 0 Å². The maximum atomic E-state index is 11.7. The van der Waals surface area contributed by atoms with Gasteiger partial charge in [0.05, 0.1) is 11.7 Å². The maximum Gasteiger partial charge on any atom is 0.160 e. The second kappa shape index (κ2) is 5.54. The summed E-state index contributed by atoms with van der Waals surface area (Å²) in [4.78, 5) is 13.5. The van der Waals surface area contributed by atoms with E-state index in [0.29, 0.717) is 6.42 Å². The number of nitrogens with zero attached hydrogens (tertiary/aromatic N) is 2. The van der Waals surface area contributed by atoms with E-state index >= 15 is 0 Å². The van der Waals surface area contributed by atoms with Gasteiger partial charge in [-0.05, 0) is 52.6 Å². The first kappa shape index (κ1) is 14.0. The second-order valence-electron chi connectivity index (χ2n) is 6.06. The highest BCUT2D eigenvalue weighted by Crippen LogP contribution is 2.30. The summed E-state index contributed by atoms with van der Waals surface area (Å²) in [5.74, 6) is 0.168. The van der Waals surface area contributed by atoms with Crippen molar-refractivity contribution in [1.29, 1.82) is 0 Å². The van der Waals surface area contributed by atoms with E-state index in [1.54, 1.807) is 6.08 Å². The lowest BCUT2D eigenvalue weighted by atomic mass is 9.92. The third kappa shape index (κ3) is 2.40. The Labute approximate surface area is 134 Å². The molecule has 0 saturated carbocycles. The fourth-order valence-corrected chi connectivity index (χ4v) is 3.17. The number of aromatic nitrogens is 2. The second-order valence-corrected chi connectivity index (χ2v) is 6.06. The summed E-state index contributed by atoms with van der Waals surface area (Å²) in [6.07, 6.45) is 8.26. The predicted molar refractivity (Wildman–Crippen MR) is 94.1 cm³/mol. The Morgan fingerprint density at radius 1 is 1.22 bits per heavy atom. The Hall–Kier alpha value is -2.62. The Kier molecular flexibility index (Phi) is 3.37. The van der Waals surface area contributed by atoms with Crippen LogP contribution in [0.15, 0.2) is 36.5 Å². The highest BCUT2D eigenvalue weighted by Gasteiger charge is 2.13. The molecule has 1 aliphatic rings. The molecular formula is C19H19N3O. The minimum Gasteiger partial charge on any atom is -0.309 e. The molecule has 0 aliphatic heterocycles. The first-order valence-electron chi connectivity index (χ1n) is 8.14. The van der Waals surface area contributed by atoms with Crippen molar-refractivity contribution < 1.29 is 4.79 Å². The molecule has 0 bridgehead atoms. The summed E-state index contributed by atoms with van der Waals surface area (Å²) in [5, 5.41) is 7.93. The molecule has 1 aromatic heterocycles. The van der Waals surface area contributed by atoms with Gasteiger partial charge in [-0.25, -0.2) is 0 Å². The molecule has 23 heavy (non-hydrogen) atoms. The molecule has 4 heteroatoms. The number of allylic oxidation sites excluding steroid dienone is 1. The molecule has 4 nitrogen and oxygen atoms in total. The SMILES string of the molecule is CCCCNn1ncc2c3cc4c(cc3ccc21)C=CC(=O)C4. The molecule has 0 saturated heterocycles. The molecule has 1 heterocycles. The van der Waals surface area contributed by atoms with Crippen LogP contribution in [0.5, 0.6) is 0 Å². The van der Waals surface area contributed by atoms with Crippen LogP contribution in [0.25, 0.3) is 27.8 Å². The molecule has 0 radical (unpaired) electrons. The molecule has 2 aromatic carbocycles. The number of rotatable bonds is 4. The molecule has 4 rings (SSSR count). The predicted octanol–water partition coefficient (Wildman–Crippen LogP) is 3.67. The molecule has 116 valence electrons. The lowest BCUT2D eigenvalue weighted by molar-refractivity contribution is -0.114. The molecule has 0 amide bonds. The highest BCUT2D eigenvalue weighted by atomic mass is 16.1. The van der Waals surface area contributed by atoms with Crippen LogP contribution < -0.4 is 5.43 Å². The van der Waals surface area contributed by atoms with Gasteiger partial charge in [-0.1, -0.05) is 25.5 Å². The zero-order valence-electron chi connectivity index (χ0n) is 13.2. The maximum absolute atomic E-state index is 11.7. The van der Waals surface area contributed by atoms with Crippen LogP contribution in [0.1, 0.15) is 30.9 Å². The van der Waals surface area contributed by atoms with E-state index in [4.69, 9.17) is 0 Å². The molecule has 0 fully saturated rings. The number of hydrogen-bond acceptors (Lipinski definition) is 3. The van der Waals surface area contributed by atoms with Gasteiger partial charge in [0.2, 0.25) is 0 Å². The van der Waals surface area contributed by atoms with Gasteiger partial charge < -0.3 is 5.43 Å². The van der Waals surface area contributed by atoms with Crippen molar-refractivity contribution in [1.82, 2.24) is 9.89 Å².